The zero-order chi connectivity index (χ0) is 17.5. The predicted octanol–water partition coefficient (Wildman–Crippen LogP) is 3.55. The zero-order valence-electron chi connectivity index (χ0n) is 15.2. The number of ether oxygens (including phenoxy) is 1. The molecule has 1 atom stereocenters. The van der Waals surface area contributed by atoms with E-state index in [4.69, 9.17) is 4.74 Å². The summed E-state index contributed by atoms with van der Waals surface area (Å²) in [5.41, 5.74) is 2.75. The molecule has 0 saturated carbocycles. The van der Waals surface area contributed by atoms with E-state index < -0.39 is 0 Å². The molecule has 0 bridgehead atoms. The summed E-state index contributed by atoms with van der Waals surface area (Å²) in [6, 6.07) is 8.83. The molecule has 1 saturated heterocycles. The zero-order valence-corrected chi connectivity index (χ0v) is 19.1. The number of benzene rings is 1. The van der Waals surface area contributed by atoms with Gasteiger partial charge in [0.25, 0.3) is 0 Å². The Kier molecular flexibility index (Phi) is 9.21. The van der Waals surface area contributed by atoms with Crippen molar-refractivity contribution in [3.8, 4) is 0 Å². The van der Waals surface area contributed by atoms with Gasteiger partial charge in [-0.1, -0.05) is 23.8 Å². The van der Waals surface area contributed by atoms with E-state index in [2.05, 4.69) is 66.8 Å². The predicted molar refractivity (Wildman–Crippen MR) is 123 cm³/mol. The van der Waals surface area contributed by atoms with Gasteiger partial charge in [-0.3, -0.25) is 4.99 Å². The lowest BCUT2D eigenvalue weighted by Gasteiger charge is -2.21. The second-order valence-electron chi connectivity index (χ2n) is 6.46. The Balaban J connectivity index is 0.00000243. The third-order valence-electron chi connectivity index (χ3n) is 4.74. The molecule has 0 spiro atoms. The number of nitrogens with zero attached hydrogens (tertiary/aromatic N) is 2. The fourth-order valence-electron chi connectivity index (χ4n) is 3.33. The summed E-state index contributed by atoms with van der Waals surface area (Å²) >= 11 is 3.65. The molecule has 144 valence electrons. The van der Waals surface area contributed by atoms with E-state index in [0.717, 1.165) is 62.5 Å². The molecule has 1 fully saturated rings. The van der Waals surface area contributed by atoms with Crippen molar-refractivity contribution in [3.63, 3.8) is 0 Å². The highest BCUT2D eigenvalue weighted by atomic mass is 127. The van der Waals surface area contributed by atoms with Gasteiger partial charge in [0, 0.05) is 37.2 Å². The van der Waals surface area contributed by atoms with Crippen LogP contribution in [-0.2, 0) is 4.74 Å². The average molecular weight is 535 g/mol. The highest BCUT2D eigenvalue weighted by Gasteiger charge is 2.24. The molecule has 0 radical (unpaired) electrons. The molecule has 1 aromatic rings. The maximum Gasteiger partial charge on any atom is 0.191 e. The Morgan fingerprint density at radius 1 is 1.38 bits per heavy atom. The van der Waals surface area contributed by atoms with Gasteiger partial charge < -0.3 is 20.3 Å². The Hall–Kier alpha value is -0.800. The van der Waals surface area contributed by atoms with E-state index in [1.807, 2.05) is 7.05 Å². The number of nitrogens with one attached hydrogen (secondary N) is 2. The van der Waals surface area contributed by atoms with E-state index in [9.17, 15) is 0 Å². The molecule has 1 aromatic carbocycles. The summed E-state index contributed by atoms with van der Waals surface area (Å²) in [5, 5.41) is 7.00. The van der Waals surface area contributed by atoms with Gasteiger partial charge >= 0.3 is 0 Å². The molecule has 26 heavy (non-hydrogen) atoms. The Bertz CT molecular complexity index is 638. The van der Waals surface area contributed by atoms with Crippen LogP contribution < -0.4 is 15.5 Å². The second kappa shape index (κ2) is 11.1. The summed E-state index contributed by atoms with van der Waals surface area (Å²) in [5.74, 6) is 0.895. The van der Waals surface area contributed by atoms with Crippen molar-refractivity contribution < 1.29 is 4.74 Å². The van der Waals surface area contributed by atoms with Gasteiger partial charge in [0.2, 0.25) is 0 Å². The van der Waals surface area contributed by atoms with Crippen molar-refractivity contribution in [1.82, 2.24) is 10.6 Å². The van der Waals surface area contributed by atoms with Crippen LogP contribution in [0.4, 0.5) is 5.69 Å². The first-order valence-electron chi connectivity index (χ1n) is 8.98. The first-order chi connectivity index (χ1) is 12.3. The molecule has 1 unspecified atom stereocenters. The Morgan fingerprint density at radius 2 is 2.23 bits per heavy atom. The number of rotatable bonds is 5. The third kappa shape index (κ3) is 6.13. The molecule has 0 amide bonds. The number of guanidine groups is 1. The van der Waals surface area contributed by atoms with Crippen LogP contribution in [0.25, 0.3) is 0 Å². The molecule has 2 N–H and O–H groups in total. The van der Waals surface area contributed by atoms with E-state index >= 15 is 0 Å². The van der Waals surface area contributed by atoms with Crippen LogP contribution >= 0.6 is 39.9 Å². The van der Waals surface area contributed by atoms with Crippen LogP contribution in [0, 0.1) is 0 Å². The van der Waals surface area contributed by atoms with Crippen molar-refractivity contribution in [1.29, 1.82) is 0 Å². The minimum absolute atomic E-state index is 0. The summed E-state index contributed by atoms with van der Waals surface area (Å²) < 4.78 is 6.51. The van der Waals surface area contributed by atoms with Crippen LogP contribution in [-0.4, -0.2) is 51.9 Å². The normalized spacial score (nSPS) is 20.4. The number of halogens is 2. The molecular formula is C19H28BrIN4O. The van der Waals surface area contributed by atoms with Gasteiger partial charge in [-0.2, -0.15) is 0 Å². The van der Waals surface area contributed by atoms with E-state index in [-0.39, 0.29) is 24.0 Å². The molecule has 7 heteroatoms. The molecule has 3 rings (SSSR count). The summed E-state index contributed by atoms with van der Waals surface area (Å²) in [7, 11) is 1.84. The van der Waals surface area contributed by atoms with Crippen molar-refractivity contribution in [2.24, 2.45) is 4.99 Å². The molecule has 2 heterocycles. The summed E-state index contributed by atoms with van der Waals surface area (Å²) in [6.07, 6.45) is 5.42. The third-order valence-corrected chi connectivity index (χ3v) is 5.41. The topological polar surface area (TPSA) is 48.9 Å². The van der Waals surface area contributed by atoms with E-state index in [0.29, 0.717) is 6.04 Å². The van der Waals surface area contributed by atoms with Crippen molar-refractivity contribution >= 4 is 51.6 Å². The second-order valence-corrected chi connectivity index (χ2v) is 7.32. The highest BCUT2D eigenvalue weighted by molar-refractivity contribution is 14.0. The van der Waals surface area contributed by atoms with Crippen molar-refractivity contribution in [2.45, 2.75) is 25.3 Å². The molecule has 2 aliphatic heterocycles. The SMILES string of the molecule is CN=C(NCCC1=CCOCC1)NC1CCN(c2ccccc2Br)C1.I. The lowest BCUT2D eigenvalue weighted by Crippen LogP contribution is -2.45. The smallest absolute Gasteiger partial charge is 0.191 e. The summed E-state index contributed by atoms with van der Waals surface area (Å²) in [6.45, 7) is 4.57. The van der Waals surface area contributed by atoms with Gasteiger partial charge in [0.05, 0.1) is 18.9 Å². The van der Waals surface area contributed by atoms with E-state index in [1.165, 1.54) is 11.3 Å². The van der Waals surface area contributed by atoms with Gasteiger partial charge in [-0.25, -0.2) is 0 Å². The van der Waals surface area contributed by atoms with Crippen LogP contribution in [0.3, 0.4) is 0 Å². The summed E-state index contributed by atoms with van der Waals surface area (Å²) in [4.78, 5) is 6.79. The van der Waals surface area contributed by atoms with Gasteiger partial charge in [-0.05, 0) is 47.3 Å². The molecular weight excluding hydrogens is 507 g/mol. The maximum atomic E-state index is 5.35. The van der Waals surface area contributed by atoms with Crippen LogP contribution in [0.1, 0.15) is 19.3 Å². The van der Waals surface area contributed by atoms with Gasteiger partial charge in [-0.15, -0.1) is 24.0 Å². The van der Waals surface area contributed by atoms with Crippen LogP contribution in [0.15, 0.2) is 45.4 Å². The quantitative estimate of drug-likeness (QED) is 0.262. The number of anilines is 1. The van der Waals surface area contributed by atoms with Gasteiger partial charge in [0.15, 0.2) is 5.96 Å². The van der Waals surface area contributed by atoms with Crippen molar-refractivity contribution in [3.05, 3.63) is 40.4 Å². The monoisotopic (exact) mass is 534 g/mol. The average Bonchev–Trinajstić information content (AvgIpc) is 3.10. The first kappa shape index (κ1) is 21.5. The maximum absolute atomic E-state index is 5.35. The first-order valence-corrected chi connectivity index (χ1v) is 9.78. The van der Waals surface area contributed by atoms with E-state index in [1.54, 1.807) is 0 Å². The lowest BCUT2D eigenvalue weighted by molar-refractivity contribution is 0.153. The molecule has 2 aliphatic rings. The van der Waals surface area contributed by atoms with Crippen molar-refractivity contribution in [2.75, 3.05) is 44.8 Å². The largest absolute Gasteiger partial charge is 0.377 e. The highest BCUT2D eigenvalue weighted by Crippen LogP contribution is 2.28. The number of hydrogen-bond acceptors (Lipinski definition) is 3. The van der Waals surface area contributed by atoms with Crippen LogP contribution in [0.2, 0.25) is 0 Å². The standard InChI is InChI=1S/C19H27BrN4O.HI/c1-21-19(22-10-6-15-8-12-25-13-9-15)23-16-7-11-24(14-16)18-5-3-2-4-17(18)20;/h2-5,8,16H,6-7,9-14H2,1H3,(H2,21,22,23);1H. The van der Waals surface area contributed by atoms with Crippen LogP contribution in [0.5, 0.6) is 0 Å². The fraction of sp³-hybridized carbons (Fsp3) is 0.526. The molecule has 0 aromatic heterocycles. The minimum atomic E-state index is 0. The number of aliphatic imine (C=N–C) groups is 1. The fourth-order valence-corrected chi connectivity index (χ4v) is 3.86. The Labute approximate surface area is 181 Å². The minimum Gasteiger partial charge on any atom is -0.377 e. The number of hydrogen-bond donors (Lipinski definition) is 2. The van der Waals surface area contributed by atoms with Gasteiger partial charge in [0.1, 0.15) is 0 Å². The lowest BCUT2D eigenvalue weighted by atomic mass is 10.1. The molecule has 5 nitrogen and oxygen atoms in total. The number of para-hydroxylation sites is 1. The Morgan fingerprint density at radius 3 is 2.96 bits per heavy atom. The molecule has 0 aliphatic carbocycles.